The Hall–Kier alpha value is -3.12. The minimum absolute atomic E-state index is 0.159. The Bertz CT molecular complexity index is 921. The number of hydrogen-bond acceptors (Lipinski definition) is 3. The summed E-state index contributed by atoms with van der Waals surface area (Å²) < 4.78 is 1.75. The van der Waals surface area contributed by atoms with Crippen LogP contribution in [0.25, 0.3) is 5.69 Å². The molecule has 0 aliphatic heterocycles. The Morgan fingerprint density at radius 3 is 2.54 bits per heavy atom. The predicted molar refractivity (Wildman–Crippen MR) is 102 cm³/mol. The Morgan fingerprint density at radius 1 is 1.12 bits per heavy atom. The highest BCUT2D eigenvalue weighted by Crippen LogP contribution is 2.25. The first-order valence-corrected chi connectivity index (χ1v) is 8.35. The number of benzene rings is 2. The molecule has 2 aromatic carbocycles. The molecule has 26 heavy (non-hydrogen) atoms. The van der Waals surface area contributed by atoms with E-state index in [1.54, 1.807) is 29.1 Å². The van der Waals surface area contributed by atoms with Gasteiger partial charge in [0.1, 0.15) is 0 Å². The maximum absolute atomic E-state index is 12.3. The molecule has 7 heteroatoms. The summed E-state index contributed by atoms with van der Waals surface area (Å²) in [4.78, 5) is 23.5. The van der Waals surface area contributed by atoms with Gasteiger partial charge < -0.3 is 10.6 Å². The molecule has 6 nitrogen and oxygen atoms in total. The van der Waals surface area contributed by atoms with Gasteiger partial charge in [0.25, 0.3) is 0 Å². The van der Waals surface area contributed by atoms with Crippen molar-refractivity contribution in [1.29, 1.82) is 0 Å². The standard InChI is InChI=1S/C19H17ClN4O2/c1-13(25)22-18-12-15(5-8-17(18)20)23-19(26)11-14-3-6-16(7-4-14)24-10-2-9-21-24/h2-10,12H,11H2,1H3,(H,22,25)(H,23,26). The van der Waals surface area contributed by atoms with Crippen molar-refractivity contribution in [2.24, 2.45) is 0 Å². The van der Waals surface area contributed by atoms with Gasteiger partial charge in [-0.1, -0.05) is 23.7 Å². The monoisotopic (exact) mass is 368 g/mol. The Morgan fingerprint density at radius 2 is 1.88 bits per heavy atom. The molecule has 0 aliphatic carbocycles. The average Bonchev–Trinajstić information content (AvgIpc) is 3.12. The van der Waals surface area contributed by atoms with Gasteiger partial charge in [0.15, 0.2) is 0 Å². The van der Waals surface area contributed by atoms with Crippen LogP contribution < -0.4 is 10.6 Å². The number of nitrogens with zero attached hydrogens (tertiary/aromatic N) is 2. The molecular formula is C19H17ClN4O2. The maximum atomic E-state index is 12.3. The fourth-order valence-corrected chi connectivity index (χ4v) is 2.63. The van der Waals surface area contributed by atoms with Crippen LogP contribution in [0.4, 0.5) is 11.4 Å². The molecule has 0 fully saturated rings. The number of carbonyl (C=O) groups is 2. The molecule has 3 aromatic rings. The Balaban J connectivity index is 1.64. The summed E-state index contributed by atoms with van der Waals surface area (Å²) >= 11 is 6.03. The van der Waals surface area contributed by atoms with E-state index in [2.05, 4.69) is 15.7 Å². The van der Waals surface area contributed by atoms with Crippen LogP contribution in [0.1, 0.15) is 12.5 Å². The highest BCUT2D eigenvalue weighted by molar-refractivity contribution is 6.33. The van der Waals surface area contributed by atoms with E-state index < -0.39 is 0 Å². The van der Waals surface area contributed by atoms with E-state index in [4.69, 9.17) is 11.6 Å². The summed E-state index contributed by atoms with van der Waals surface area (Å²) in [6, 6.07) is 14.4. The summed E-state index contributed by atoms with van der Waals surface area (Å²) in [6.45, 7) is 1.40. The zero-order valence-electron chi connectivity index (χ0n) is 14.1. The van der Waals surface area contributed by atoms with Crippen molar-refractivity contribution in [2.75, 3.05) is 10.6 Å². The van der Waals surface area contributed by atoms with E-state index in [-0.39, 0.29) is 18.2 Å². The van der Waals surface area contributed by atoms with Crippen LogP contribution >= 0.6 is 11.6 Å². The lowest BCUT2D eigenvalue weighted by Gasteiger charge is -2.10. The Labute approximate surface area is 155 Å². The number of nitrogens with one attached hydrogen (secondary N) is 2. The molecule has 0 unspecified atom stereocenters. The molecule has 3 rings (SSSR count). The van der Waals surface area contributed by atoms with Crippen LogP contribution in [-0.4, -0.2) is 21.6 Å². The van der Waals surface area contributed by atoms with Crippen LogP contribution in [0.3, 0.4) is 0 Å². The molecule has 0 saturated carbocycles. The van der Waals surface area contributed by atoms with Crippen molar-refractivity contribution in [3.63, 3.8) is 0 Å². The van der Waals surface area contributed by atoms with Gasteiger partial charge in [-0.25, -0.2) is 4.68 Å². The van der Waals surface area contributed by atoms with Crippen molar-refractivity contribution < 1.29 is 9.59 Å². The first-order valence-electron chi connectivity index (χ1n) is 7.97. The van der Waals surface area contributed by atoms with Gasteiger partial charge in [-0.2, -0.15) is 5.10 Å². The molecule has 0 spiro atoms. The fraction of sp³-hybridized carbons (Fsp3) is 0.105. The smallest absolute Gasteiger partial charge is 0.228 e. The average molecular weight is 369 g/mol. The van der Waals surface area contributed by atoms with Crippen molar-refractivity contribution >= 4 is 34.8 Å². The molecule has 2 amide bonds. The number of amides is 2. The zero-order chi connectivity index (χ0) is 18.5. The second-order valence-electron chi connectivity index (χ2n) is 5.72. The fourth-order valence-electron chi connectivity index (χ4n) is 2.47. The lowest BCUT2D eigenvalue weighted by Crippen LogP contribution is -2.15. The molecule has 0 atom stereocenters. The van der Waals surface area contributed by atoms with Gasteiger partial charge in [0.05, 0.1) is 22.8 Å². The largest absolute Gasteiger partial charge is 0.326 e. The van der Waals surface area contributed by atoms with E-state index in [1.165, 1.54) is 6.92 Å². The molecule has 0 aliphatic rings. The molecule has 2 N–H and O–H groups in total. The van der Waals surface area contributed by atoms with E-state index >= 15 is 0 Å². The second-order valence-corrected chi connectivity index (χ2v) is 6.13. The second kappa shape index (κ2) is 7.84. The van der Waals surface area contributed by atoms with Crippen molar-refractivity contribution in [3.8, 4) is 5.69 Å². The predicted octanol–water partition coefficient (Wildman–Crippen LogP) is 3.67. The van der Waals surface area contributed by atoms with E-state index in [9.17, 15) is 9.59 Å². The van der Waals surface area contributed by atoms with Crippen LogP contribution in [0.2, 0.25) is 5.02 Å². The molecule has 0 bridgehead atoms. The van der Waals surface area contributed by atoms with Gasteiger partial charge in [0, 0.05) is 25.0 Å². The third kappa shape index (κ3) is 4.49. The summed E-state index contributed by atoms with van der Waals surface area (Å²) in [7, 11) is 0. The van der Waals surface area contributed by atoms with E-state index in [0.717, 1.165) is 11.3 Å². The number of carbonyl (C=O) groups excluding carboxylic acids is 2. The summed E-state index contributed by atoms with van der Waals surface area (Å²) in [5, 5.41) is 10.0. The van der Waals surface area contributed by atoms with Crippen LogP contribution in [0.15, 0.2) is 60.9 Å². The van der Waals surface area contributed by atoms with Crippen molar-refractivity contribution in [3.05, 3.63) is 71.5 Å². The SMILES string of the molecule is CC(=O)Nc1cc(NC(=O)Cc2ccc(-n3cccn3)cc2)ccc1Cl. The van der Waals surface area contributed by atoms with Crippen LogP contribution in [0, 0.1) is 0 Å². The van der Waals surface area contributed by atoms with E-state index in [0.29, 0.717) is 16.4 Å². The quantitative estimate of drug-likeness (QED) is 0.721. The highest BCUT2D eigenvalue weighted by atomic mass is 35.5. The van der Waals surface area contributed by atoms with Gasteiger partial charge in [-0.05, 0) is 42.0 Å². The molecule has 1 aromatic heterocycles. The van der Waals surface area contributed by atoms with Crippen molar-refractivity contribution in [2.45, 2.75) is 13.3 Å². The third-order valence-corrected chi connectivity index (χ3v) is 3.96. The lowest BCUT2D eigenvalue weighted by molar-refractivity contribution is -0.115. The van der Waals surface area contributed by atoms with Crippen molar-refractivity contribution in [1.82, 2.24) is 9.78 Å². The third-order valence-electron chi connectivity index (χ3n) is 3.63. The van der Waals surface area contributed by atoms with Gasteiger partial charge in [-0.3, -0.25) is 9.59 Å². The van der Waals surface area contributed by atoms with Gasteiger partial charge in [0.2, 0.25) is 11.8 Å². The minimum Gasteiger partial charge on any atom is -0.326 e. The van der Waals surface area contributed by atoms with Crippen LogP contribution in [-0.2, 0) is 16.0 Å². The number of aromatic nitrogens is 2. The van der Waals surface area contributed by atoms with Crippen LogP contribution in [0.5, 0.6) is 0 Å². The topological polar surface area (TPSA) is 76.0 Å². The summed E-state index contributed by atoms with van der Waals surface area (Å²) in [6.07, 6.45) is 3.80. The maximum Gasteiger partial charge on any atom is 0.228 e. The highest BCUT2D eigenvalue weighted by Gasteiger charge is 2.08. The Kier molecular flexibility index (Phi) is 5.34. The molecule has 0 radical (unpaired) electrons. The summed E-state index contributed by atoms with van der Waals surface area (Å²) in [5.74, 6) is -0.388. The lowest BCUT2D eigenvalue weighted by atomic mass is 10.1. The number of hydrogen-bond donors (Lipinski definition) is 2. The number of rotatable bonds is 5. The zero-order valence-corrected chi connectivity index (χ0v) is 14.8. The molecular weight excluding hydrogens is 352 g/mol. The molecule has 0 saturated heterocycles. The molecule has 1 heterocycles. The summed E-state index contributed by atoms with van der Waals surface area (Å²) in [5.41, 5.74) is 2.84. The number of anilines is 2. The van der Waals surface area contributed by atoms with E-state index in [1.807, 2.05) is 36.5 Å². The van der Waals surface area contributed by atoms with Gasteiger partial charge >= 0.3 is 0 Å². The minimum atomic E-state index is -0.229. The number of halogens is 1. The first kappa shape index (κ1) is 17.7. The first-order chi connectivity index (χ1) is 12.5. The molecule has 132 valence electrons. The van der Waals surface area contributed by atoms with Gasteiger partial charge in [-0.15, -0.1) is 0 Å². The normalized spacial score (nSPS) is 10.4.